The van der Waals surface area contributed by atoms with Gasteiger partial charge in [-0.3, -0.25) is 4.79 Å². The van der Waals surface area contributed by atoms with Crippen LogP contribution in [0.1, 0.15) is 44.6 Å². The van der Waals surface area contributed by atoms with Gasteiger partial charge in [0.2, 0.25) is 5.91 Å². The molecule has 2 unspecified atom stereocenters. The monoisotopic (exact) mass is 258 g/mol. The molecular weight excluding hydrogens is 236 g/mol. The fourth-order valence-corrected chi connectivity index (χ4v) is 3.38. The van der Waals surface area contributed by atoms with Gasteiger partial charge in [0.25, 0.3) is 0 Å². The van der Waals surface area contributed by atoms with Crippen LogP contribution in [0.5, 0.6) is 0 Å². The van der Waals surface area contributed by atoms with Crippen molar-refractivity contribution < 1.29 is 4.79 Å². The van der Waals surface area contributed by atoms with Crippen LogP contribution in [0.3, 0.4) is 0 Å². The Hall–Kier alpha value is -1.51. The SMILES string of the molecule is CC1(C)CCC(NC(=O)C2CNc3ccccc32)C1. The van der Waals surface area contributed by atoms with E-state index in [9.17, 15) is 4.79 Å². The van der Waals surface area contributed by atoms with E-state index in [1.165, 1.54) is 6.42 Å². The molecule has 1 fully saturated rings. The number of hydrogen-bond acceptors (Lipinski definition) is 2. The summed E-state index contributed by atoms with van der Waals surface area (Å²) in [4.78, 5) is 12.4. The van der Waals surface area contributed by atoms with Gasteiger partial charge < -0.3 is 10.6 Å². The molecule has 1 aliphatic carbocycles. The molecule has 3 nitrogen and oxygen atoms in total. The van der Waals surface area contributed by atoms with E-state index in [4.69, 9.17) is 0 Å². The van der Waals surface area contributed by atoms with Gasteiger partial charge in [-0.2, -0.15) is 0 Å². The summed E-state index contributed by atoms with van der Waals surface area (Å²) in [5, 5.41) is 6.55. The van der Waals surface area contributed by atoms with Gasteiger partial charge in [-0.15, -0.1) is 0 Å². The second-order valence-corrected chi connectivity index (χ2v) is 6.63. The molecule has 0 bridgehead atoms. The lowest BCUT2D eigenvalue weighted by molar-refractivity contribution is -0.122. The molecule has 0 saturated heterocycles. The van der Waals surface area contributed by atoms with Crippen LogP contribution in [-0.2, 0) is 4.79 Å². The second-order valence-electron chi connectivity index (χ2n) is 6.63. The summed E-state index contributed by atoms with van der Waals surface area (Å²) in [6.45, 7) is 5.29. The zero-order valence-electron chi connectivity index (χ0n) is 11.7. The molecule has 0 radical (unpaired) electrons. The number of amides is 1. The van der Waals surface area contributed by atoms with Crippen LogP contribution in [0, 0.1) is 5.41 Å². The summed E-state index contributed by atoms with van der Waals surface area (Å²) in [5.74, 6) is 0.153. The molecule has 2 aliphatic rings. The zero-order valence-corrected chi connectivity index (χ0v) is 11.7. The highest BCUT2D eigenvalue weighted by Gasteiger charge is 2.34. The van der Waals surface area contributed by atoms with E-state index in [0.29, 0.717) is 11.5 Å². The third kappa shape index (κ3) is 2.46. The van der Waals surface area contributed by atoms with E-state index < -0.39 is 0 Å². The number of hydrogen-bond donors (Lipinski definition) is 2. The van der Waals surface area contributed by atoms with Crippen LogP contribution < -0.4 is 10.6 Å². The molecule has 0 aromatic heterocycles. The molecule has 102 valence electrons. The molecule has 0 spiro atoms. The summed E-state index contributed by atoms with van der Waals surface area (Å²) in [7, 11) is 0. The first-order valence-corrected chi connectivity index (χ1v) is 7.18. The number of benzene rings is 1. The molecule has 19 heavy (non-hydrogen) atoms. The van der Waals surface area contributed by atoms with E-state index in [0.717, 1.165) is 30.6 Å². The Morgan fingerprint density at radius 1 is 1.37 bits per heavy atom. The van der Waals surface area contributed by atoms with Crippen molar-refractivity contribution in [2.45, 2.75) is 45.1 Å². The topological polar surface area (TPSA) is 41.1 Å². The van der Waals surface area contributed by atoms with Crippen LogP contribution >= 0.6 is 0 Å². The Labute approximate surface area is 114 Å². The number of rotatable bonds is 2. The summed E-state index contributed by atoms with van der Waals surface area (Å²) >= 11 is 0. The Balaban J connectivity index is 1.66. The quantitative estimate of drug-likeness (QED) is 0.856. The van der Waals surface area contributed by atoms with Gasteiger partial charge in [0.1, 0.15) is 0 Å². The summed E-state index contributed by atoms with van der Waals surface area (Å²) in [5.41, 5.74) is 2.62. The number of nitrogens with one attached hydrogen (secondary N) is 2. The van der Waals surface area contributed by atoms with Crippen LogP contribution in [0.15, 0.2) is 24.3 Å². The van der Waals surface area contributed by atoms with Crippen molar-refractivity contribution >= 4 is 11.6 Å². The van der Waals surface area contributed by atoms with E-state index in [1.807, 2.05) is 18.2 Å². The van der Waals surface area contributed by atoms with Gasteiger partial charge in [-0.25, -0.2) is 0 Å². The Kier molecular flexibility index (Phi) is 3.00. The van der Waals surface area contributed by atoms with Gasteiger partial charge in [0, 0.05) is 18.3 Å². The molecule has 2 atom stereocenters. The number of fused-ring (bicyclic) bond motifs is 1. The second kappa shape index (κ2) is 4.55. The van der Waals surface area contributed by atoms with Crippen LogP contribution in [-0.4, -0.2) is 18.5 Å². The maximum absolute atomic E-state index is 12.4. The smallest absolute Gasteiger partial charge is 0.229 e. The molecule has 1 amide bonds. The van der Waals surface area contributed by atoms with Crippen molar-refractivity contribution in [3.05, 3.63) is 29.8 Å². The highest BCUT2D eigenvalue weighted by atomic mass is 16.2. The third-order valence-electron chi connectivity index (χ3n) is 4.46. The van der Waals surface area contributed by atoms with E-state index in [1.54, 1.807) is 0 Å². The summed E-state index contributed by atoms with van der Waals surface area (Å²) < 4.78 is 0. The van der Waals surface area contributed by atoms with Crippen molar-refractivity contribution in [1.82, 2.24) is 5.32 Å². The van der Waals surface area contributed by atoms with Gasteiger partial charge in [0.05, 0.1) is 5.92 Å². The van der Waals surface area contributed by atoms with Gasteiger partial charge >= 0.3 is 0 Å². The predicted molar refractivity (Wildman–Crippen MR) is 77.2 cm³/mol. The minimum Gasteiger partial charge on any atom is -0.384 e. The molecular formula is C16H22N2O. The molecule has 1 heterocycles. The Morgan fingerprint density at radius 3 is 2.89 bits per heavy atom. The first-order valence-electron chi connectivity index (χ1n) is 7.18. The molecule has 1 aliphatic heterocycles. The fraction of sp³-hybridized carbons (Fsp3) is 0.562. The molecule has 1 aromatic carbocycles. The first kappa shape index (κ1) is 12.5. The van der Waals surface area contributed by atoms with Gasteiger partial charge in [-0.1, -0.05) is 32.0 Å². The van der Waals surface area contributed by atoms with E-state index in [-0.39, 0.29) is 11.8 Å². The molecule has 1 saturated carbocycles. The maximum atomic E-state index is 12.4. The van der Waals surface area contributed by atoms with Crippen molar-refractivity contribution in [3.8, 4) is 0 Å². The van der Waals surface area contributed by atoms with Gasteiger partial charge in [-0.05, 0) is 36.3 Å². The Bertz CT molecular complexity index is 495. The highest BCUT2D eigenvalue weighted by molar-refractivity contribution is 5.88. The van der Waals surface area contributed by atoms with E-state index >= 15 is 0 Å². The lowest BCUT2D eigenvalue weighted by atomic mass is 9.91. The molecule has 2 N–H and O–H groups in total. The Morgan fingerprint density at radius 2 is 2.16 bits per heavy atom. The zero-order chi connectivity index (χ0) is 13.5. The van der Waals surface area contributed by atoms with Crippen LogP contribution in [0.2, 0.25) is 0 Å². The number of para-hydroxylation sites is 1. The van der Waals surface area contributed by atoms with Crippen molar-refractivity contribution in [2.75, 3.05) is 11.9 Å². The first-order chi connectivity index (χ1) is 9.05. The molecule has 3 rings (SSSR count). The fourth-order valence-electron chi connectivity index (χ4n) is 3.38. The normalized spacial score (nSPS) is 27.7. The largest absolute Gasteiger partial charge is 0.384 e. The van der Waals surface area contributed by atoms with Crippen LogP contribution in [0.25, 0.3) is 0 Å². The lowest BCUT2D eigenvalue weighted by Gasteiger charge is -2.19. The number of carbonyl (C=O) groups is 1. The van der Waals surface area contributed by atoms with Crippen molar-refractivity contribution in [1.29, 1.82) is 0 Å². The van der Waals surface area contributed by atoms with E-state index in [2.05, 4.69) is 30.5 Å². The third-order valence-corrected chi connectivity index (χ3v) is 4.46. The van der Waals surface area contributed by atoms with Gasteiger partial charge in [0.15, 0.2) is 0 Å². The number of carbonyl (C=O) groups excluding carboxylic acids is 1. The van der Waals surface area contributed by atoms with Crippen molar-refractivity contribution in [2.24, 2.45) is 5.41 Å². The van der Waals surface area contributed by atoms with Crippen molar-refractivity contribution in [3.63, 3.8) is 0 Å². The predicted octanol–water partition coefficient (Wildman–Crippen LogP) is 2.89. The average molecular weight is 258 g/mol. The standard InChI is InChI=1S/C16H22N2O/c1-16(2)8-7-11(9-16)18-15(19)13-10-17-14-6-4-3-5-12(13)14/h3-6,11,13,17H,7-10H2,1-2H3,(H,18,19). The highest BCUT2D eigenvalue weighted by Crippen LogP contribution is 2.37. The summed E-state index contributed by atoms with van der Waals surface area (Å²) in [6, 6.07) is 8.46. The maximum Gasteiger partial charge on any atom is 0.229 e. The molecule has 3 heteroatoms. The molecule has 1 aromatic rings. The number of anilines is 1. The average Bonchev–Trinajstić information content (AvgIpc) is 2.92. The lowest BCUT2D eigenvalue weighted by Crippen LogP contribution is -2.37. The minimum absolute atomic E-state index is 0.0279. The summed E-state index contributed by atoms with van der Waals surface area (Å²) in [6.07, 6.45) is 3.42. The minimum atomic E-state index is -0.0279. The van der Waals surface area contributed by atoms with Crippen LogP contribution in [0.4, 0.5) is 5.69 Å².